The lowest BCUT2D eigenvalue weighted by Crippen LogP contribution is -2.33. The van der Waals surface area contributed by atoms with Crippen molar-refractivity contribution < 1.29 is 14.7 Å². The van der Waals surface area contributed by atoms with E-state index in [1.165, 1.54) is 23.7 Å². The van der Waals surface area contributed by atoms with Gasteiger partial charge in [0.15, 0.2) is 4.34 Å². The third-order valence-corrected chi connectivity index (χ3v) is 5.54. The smallest absolute Gasteiger partial charge is 0.321 e. The molecule has 0 atom stereocenters. The Hall–Kier alpha value is -1.77. The molecule has 0 aliphatic carbocycles. The lowest BCUT2D eigenvalue weighted by molar-refractivity contribution is -0.137. The molecule has 0 aliphatic rings. The Kier molecular flexibility index (Phi) is 6.47. The van der Waals surface area contributed by atoms with E-state index in [9.17, 15) is 9.59 Å². The lowest BCUT2D eigenvalue weighted by atomic mass is 10.3. The number of carbonyl (C=O) groups excluding carboxylic acids is 1. The summed E-state index contributed by atoms with van der Waals surface area (Å²) in [5.74, 6) is -0.948. The van der Waals surface area contributed by atoms with Gasteiger partial charge in [-0.15, -0.1) is 11.3 Å². The largest absolute Gasteiger partial charge is 0.481 e. The molecular weight excluding hydrogens is 370 g/mol. The number of aliphatic carboxylic acids is 1. The summed E-state index contributed by atoms with van der Waals surface area (Å²) in [4.78, 5) is 29.0. The van der Waals surface area contributed by atoms with Crippen LogP contribution in [0.1, 0.15) is 12.1 Å². The van der Waals surface area contributed by atoms with Crippen LogP contribution in [-0.4, -0.2) is 40.6 Å². The molecule has 6 nitrogen and oxygen atoms in total. The summed E-state index contributed by atoms with van der Waals surface area (Å²) < 4.78 is 0.902. The second-order valence-corrected chi connectivity index (χ2v) is 7.55. The fourth-order valence-electron chi connectivity index (χ4n) is 1.72. The van der Waals surface area contributed by atoms with Gasteiger partial charge in [-0.1, -0.05) is 23.4 Å². The molecule has 1 aromatic heterocycles. The first kappa shape index (κ1) is 18.6. The van der Waals surface area contributed by atoms with Crippen molar-refractivity contribution in [3.05, 3.63) is 34.3 Å². The molecule has 24 heavy (non-hydrogen) atoms. The molecule has 0 fully saturated rings. The van der Waals surface area contributed by atoms with Crippen LogP contribution < -0.4 is 5.32 Å². The molecule has 0 aliphatic heterocycles. The first-order chi connectivity index (χ1) is 11.3. The van der Waals surface area contributed by atoms with Crippen LogP contribution in [-0.2, 0) is 4.79 Å². The van der Waals surface area contributed by atoms with Crippen LogP contribution in [0, 0.1) is 6.92 Å². The number of benzene rings is 1. The van der Waals surface area contributed by atoms with E-state index in [4.69, 9.17) is 16.7 Å². The molecule has 0 unspecified atom stereocenters. The molecule has 2 aromatic rings. The Bertz CT molecular complexity index is 751. The van der Waals surface area contributed by atoms with Gasteiger partial charge in [0.05, 0.1) is 11.4 Å². The van der Waals surface area contributed by atoms with E-state index in [1.807, 2.05) is 18.4 Å². The maximum Gasteiger partial charge on any atom is 0.321 e. The van der Waals surface area contributed by atoms with Gasteiger partial charge in [0.1, 0.15) is 0 Å². The number of hydrogen-bond acceptors (Lipinski definition) is 5. The summed E-state index contributed by atoms with van der Waals surface area (Å²) in [6, 6.07) is 4.84. The van der Waals surface area contributed by atoms with Gasteiger partial charge >= 0.3 is 12.0 Å². The number of nitrogens with one attached hydrogen (secondary N) is 1. The summed E-state index contributed by atoms with van der Waals surface area (Å²) in [5, 5.41) is 13.8. The summed E-state index contributed by atoms with van der Waals surface area (Å²) in [7, 11) is 1.54. The van der Waals surface area contributed by atoms with Gasteiger partial charge in [0.2, 0.25) is 0 Å². The molecule has 2 amide bonds. The number of hydrogen-bond donors (Lipinski definition) is 2. The van der Waals surface area contributed by atoms with Gasteiger partial charge in [0, 0.05) is 35.2 Å². The maximum atomic E-state index is 12.0. The minimum atomic E-state index is -0.948. The summed E-state index contributed by atoms with van der Waals surface area (Å²) in [6.07, 6.45) is -0.104. The minimum Gasteiger partial charge on any atom is -0.481 e. The van der Waals surface area contributed by atoms with Gasteiger partial charge < -0.3 is 15.3 Å². The molecule has 0 saturated heterocycles. The molecule has 0 saturated carbocycles. The Morgan fingerprint density at radius 3 is 2.79 bits per heavy atom. The molecule has 128 valence electrons. The Labute approximate surface area is 152 Å². The second-order valence-electron chi connectivity index (χ2n) is 5.00. The van der Waals surface area contributed by atoms with Crippen molar-refractivity contribution in [2.24, 2.45) is 0 Å². The molecule has 9 heteroatoms. The number of aromatic nitrogens is 1. The predicted octanol–water partition coefficient (Wildman–Crippen LogP) is 4.19. The molecular formula is C15H16ClN3O3S2. The monoisotopic (exact) mass is 385 g/mol. The first-order valence-corrected chi connectivity index (χ1v) is 9.06. The zero-order chi connectivity index (χ0) is 17.7. The molecule has 2 rings (SSSR count). The number of nitrogens with zero attached hydrogens (tertiary/aromatic N) is 2. The van der Waals surface area contributed by atoms with E-state index in [-0.39, 0.29) is 19.0 Å². The zero-order valence-corrected chi connectivity index (χ0v) is 15.5. The van der Waals surface area contributed by atoms with Crippen molar-refractivity contribution in [1.29, 1.82) is 0 Å². The summed E-state index contributed by atoms with van der Waals surface area (Å²) in [6.45, 7) is 2.06. The quantitative estimate of drug-likeness (QED) is 0.778. The predicted molar refractivity (Wildman–Crippen MR) is 96.3 cm³/mol. The number of carboxylic acid groups (broad SMARTS) is 1. The van der Waals surface area contributed by atoms with Crippen molar-refractivity contribution in [2.45, 2.75) is 22.6 Å². The molecule has 1 heterocycles. The van der Waals surface area contributed by atoms with Crippen LogP contribution in [0.2, 0.25) is 5.02 Å². The van der Waals surface area contributed by atoms with Gasteiger partial charge in [-0.3, -0.25) is 4.79 Å². The van der Waals surface area contributed by atoms with E-state index in [0.29, 0.717) is 10.7 Å². The van der Waals surface area contributed by atoms with Crippen LogP contribution in [0.15, 0.2) is 32.8 Å². The van der Waals surface area contributed by atoms with Crippen molar-refractivity contribution in [1.82, 2.24) is 9.88 Å². The number of thiazole rings is 1. The molecule has 1 aromatic carbocycles. The fourth-order valence-corrected chi connectivity index (χ4v) is 3.81. The summed E-state index contributed by atoms with van der Waals surface area (Å²) >= 11 is 9.28. The minimum absolute atomic E-state index is 0.104. The van der Waals surface area contributed by atoms with Crippen LogP contribution in [0.4, 0.5) is 10.5 Å². The number of aryl methyl sites for hydroxylation is 1. The fraction of sp³-hybridized carbons (Fsp3) is 0.267. The van der Waals surface area contributed by atoms with Crippen molar-refractivity contribution in [3.63, 3.8) is 0 Å². The molecule has 0 bridgehead atoms. The highest BCUT2D eigenvalue weighted by Gasteiger charge is 2.12. The zero-order valence-electron chi connectivity index (χ0n) is 13.1. The lowest BCUT2D eigenvalue weighted by Gasteiger charge is -2.17. The number of halogens is 1. The standard InChI is InChI=1S/C15H16ClN3O3S2/c1-9-8-23-15(17-9)24-12-4-3-10(7-11(12)16)18-14(22)19(2)6-5-13(20)21/h3-4,7-8H,5-6H2,1-2H3,(H,18,22)(H,20,21). The van der Waals surface area contributed by atoms with Crippen molar-refractivity contribution in [2.75, 3.05) is 18.9 Å². The third kappa shape index (κ3) is 5.40. The molecule has 0 radical (unpaired) electrons. The van der Waals surface area contributed by atoms with Crippen LogP contribution in [0.5, 0.6) is 0 Å². The number of rotatable bonds is 6. The number of anilines is 1. The van der Waals surface area contributed by atoms with Gasteiger partial charge in [-0.25, -0.2) is 9.78 Å². The van der Waals surface area contributed by atoms with E-state index >= 15 is 0 Å². The van der Waals surface area contributed by atoms with Crippen LogP contribution in [0.3, 0.4) is 0 Å². The van der Waals surface area contributed by atoms with Crippen LogP contribution >= 0.6 is 34.7 Å². The van der Waals surface area contributed by atoms with E-state index in [0.717, 1.165) is 14.9 Å². The van der Waals surface area contributed by atoms with Gasteiger partial charge in [-0.05, 0) is 25.1 Å². The van der Waals surface area contributed by atoms with E-state index in [2.05, 4.69) is 10.3 Å². The van der Waals surface area contributed by atoms with Gasteiger partial charge in [0.25, 0.3) is 0 Å². The highest BCUT2D eigenvalue weighted by Crippen LogP contribution is 2.36. The number of carboxylic acids is 1. The number of urea groups is 1. The normalized spacial score (nSPS) is 10.5. The topological polar surface area (TPSA) is 82.5 Å². The Morgan fingerprint density at radius 2 is 2.21 bits per heavy atom. The van der Waals surface area contributed by atoms with Crippen molar-refractivity contribution in [3.8, 4) is 0 Å². The number of amides is 2. The van der Waals surface area contributed by atoms with E-state index in [1.54, 1.807) is 23.5 Å². The molecule has 0 spiro atoms. The first-order valence-electron chi connectivity index (χ1n) is 6.98. The second kappa shape index (κ2) is 8.36. The average Bonchev–Trinajstić information content (AvgIpc) is 2.92. The molecule has 2 N–H and O–H groups in total. The Morgan fingerprint density at radius 1 is 1.46 bits per heavy atom. The third-order valence-electron chi connectivity index (χ3n) is 2.99. The SMILES string of the molecule is Cc1csc(Sc2ccc(NC(=O)N(C)CCC(=O)O)cc2Cl)n1. The highest BCUT2D eigenvalue weighted by atomic mass is 35.5. The van der Waals surface area contributed by atoms with Crippen molar-refractivity contribution >= 4 is 52.4 Å². The highest BCUT2D eigenvalue weighted by molar-refractivity contribution is 8.01. The number of carbonyl (C=O) groups is 2. The van der Waals surface area contributed by atoms with Gasteiger partial charge in [-0.2, -0.15) is 0 Å². The maximum absolute atomic E-state index is 12.0. The Balaban J connectivity index is 1.98. The van der Waals surface area contributed by atoms with Crippen LogP contribution in [0.25, 0.3) is 0 Å². The van der Waals surface area contributed by atoms with E-state index < -0.39 is 5.97 Å². The average molecular weight is 386 g/mol. The summed E-state index contributed by atoms with van der Waals surface area (Å²) in [5.41, 5.74) is 1.51.